The molecule has 1 fully saturated rings. The summed E-state index contributed by atoms with van der Waals surface area (Å²) in [6.07, 6.45) is 0.763. The Morgan fingerprint density at radius 2 is 1.55 bits per heavy atom. The minimum atomic E-state index is -0.574. The van der Waals surface area contributed by atoms with Crippen molar-refractivity contribution in [3.63, 3.8) is 0 Å². The van der Waals surface area contributed by atoms with Gasteiger partial charge < -0.3 is 15.5 Å². The zero-order valence-electron chi connectivity index (χ0n) is 13.6. The largest absolute Gasteiger partial charge is 0.351 e. The highest BCUT2D eigenvalue weighted by molar-refractivity contribution is 5.87. The lowest BCUT2D eigenvalue weighted by Crippen LogP contribution is -2.45. The van der Waals surface area contributed by atoms with Crippen molar-refractivity contribution in [2.24, 2.45) is 5.73 Å². The van der Waals surface area contributed by atoms with E-state index in [2.05, 4.69) is 0 Å². The van der Waals surface area contributed by atoms with Crippen LogP contribution < -0.4 is 5.73 Å². The lowest BCUT2D eigenvalue weighted by Gasteiger charge is -2.31. The van der Waals surface area contributed by atoms with Gasteiger partial charge in [0.2, 0.25) is 5.91 Å². The number of nitrogens with zero attached hydrogens (tertiary/aromatic N) is 2. The molecule has 0 spiro atoms. The number of benzene rings is 1. The van der Waals surface area contributed by atoms with Crippen LogP contribution in [0.4, 0.5) is 4.79 Å². The van der Waals surface area contributed by atoms with E-state index in [9.17, 15) is 9.59 Å². The Labute approximate surface area is 132 Å². The summed E-state index contributed by atoms with van der Waals surface area (Å²) >= 11 is 0. The molecule has 3 amide bonds. The van der Waals surface area contributed by atoms with Crippen LogP contribution in [-0.4, -0.2) is 47.9 Å². The van der Waals surface area contributed by atoms with Gasteiger partial charge in [0.25, 0.3) is 0 Å². The molecule has 0 radical (unpaired) electrons. The summed E-state index contributed by atoms with van der Waals surface area (Å²) in [5.74, 6) is 0.0997. The van der Waals surface area contributed by atoms with E-state index >= 15 is 0 Å². The van der Waals surface area contributed by atoms with Crippen molar-refractivity contribution < 1.29 is 9.59 Å². The minimum absolute atomic E-state index is 0.0997. The van der Waals surface area contributed by atoms with Gasteiger partial charge in [-0.1, -0.05) is 29.8 Å². The number of nitrogens with two attached hydrogens (primary N) is 1. The topological polar surface area (TPSA) is 66.6 Å². The van der Waals surface area contributed by atoms with E-state index < -0.39 is 11.4 Å². The average molecular weight is 303 g/mol. The van der Waals surface area contributed by atoms with Crippen molar-refractivity contribution in [1.29, 1.82) is 0 Å². The van der Waals surface area contributed by atoms with Crippen molar-refractivity contribution in [2.45, 2.75) is 32.6 Å². The number of primary amides is 1. The summed E-state index contributed by atoms with van der Waals surface area (Å²) in [6, 6.07) is 7.68. The normalized spacial score (nSPS) is 16.3. The van der Waals surface area contributed by atoms with Gasteiger partial charge in [-0.3, -0.25) is 4.79 Å². The second-order valence-corrected chi connectivity index (χ2v) is 6.46. The molecule has 5 nitrogen and oxygen atoms in total. The molecule has 1 heterocycles. The Bertz CT molecular complexity index is 552. The fraction of sp³-hybridized carbons (Fsp3) is 0.529. The molecule has 1 aromatic rings. The molecular weight excluding hydrogens is 278 g/mol. The number of urea groups is 1. The molecule has 0 aromatic heterocycles. The molecule has 0 aliphatic carbocycles. The molecule has 0 unspecified atom stereocenters. The van der Waals surface area contributed by atoms with Gasteiger partial charge in [0, 0.05) is 26.2 Å². The fourth-order valence-corrected chi connectivity index (χ4v) is 2.83. The van der Waals surface area contributed by atoms with E-state index in [-0.39, 0.29) is 5.91 Å². The molecule has 1 aliphatic heterocycles. The molecule has 2 rings (SSSR count). The van der Waals surface area contributed by atoms with E-state index in [1.807, 2.05) is 49.9 Å². The van der Waals surface area contributed by atoms with Crippen molar-refractivity contribution in [3.05, 3.63) is 35.4 Å². The van der Waals surface area contributed by atoms with Crippen LogP contribution in [0.25, 0.3) is 0 Å². The molecule has 0 saturated carbocycles. The average Bonchev–Trinajstić information content (AvgIpc) is 2.72. The van der Waals surface area contributed by atoms with Gasteiger partial charge in [0.1, 0.15) is 0 Å². The van der Waals surface area contributed by atoms with Crippen LogP contribution >= 0.6 is 0 Å². The zero-order valence-corrected chi connectivity index (χ0v) is 13.6. The summed E-state index contributed by atoms with van der Waals surface area (Å²) in [5.41, 5.74) is 6.95. The molecule has 5 heteroatoms. The third-order valence-corrected chi connectivity index (χ3v) is 4.40. The summed E-state index contributed by atoms with van der Waals surface area (Å²) in [7, 11) is 0. The highest BCUT2D eigenvalue weighted by Crippen LogP contribution is 2.26. The lowest BCUT2D eigenvalue weighted by molar-refractivity contribution is -0.136. The standard InChI is InChI=1S/C17H25N3O2/c1-13-5-7-14(8-6-13)17(2,3)15(21)19-9-4-10-20(12-11-19)16(18)22/h5-8H,4,9-12H2,1-3H3,(H2,18,22). The summed E-state index contributed by atoms with van der Waals surface area (Å²) in [5, 5.41) is 0. The second-order valence-electron chi connectivity index (χ2n) is 6.46. The maximum absolute atomic E-state index is 12.9. The Morgan fingerprint density at radius 3 is 2.14 bits per heavy atom. The number of hydrogen-bond acceptors (Lipinski definition) is 2. The Hall–Kier alpha value is -2.04. The van der Waals surface area contributed by atoms with Crippen molar-refractivity contribution in [2.75, 3.05) is 26.2 Å². The first-order valence-corrected chi connectivity index (χ1v) is 7.73. The van der Waals surface area contributed by atoms with Crippen molar-refractivity contribution in [1.82, 2.24) is 9.80 Å². The van der Waals surface area contributed by atoms with Crippen LogP contribution in [0.2, 0.25) is 0 Å². The van der Waals surface area contributed by atoms with Gasteiger partial charge in [-0.25, -0.2) is 4.79 Å². The molecule has 1 aliphatic rings. The summed E-state index contributed by atoms with van der Waals surface area (Å²) in [4.78, 5) is 27.7. The van der Waals surface area contributed by atoms with Crippen LogP contribution in [0.15, 0.2) is 24.3 Å². The third-order valence-electron chi connectivity index (χ3n) is 4.40. The molecule has 1 aromatic carbocycles. The number of carbonyl (C=O) groups is 2. The number of rotatable bonds is 2. The minimum Gasteiger partial charge on any atom is -0.351 e. The molecule has 0 atom stereocenters. The Morgan fingerprint density at radius 1 is 1.00 bits per heavy atom. The fourth-order valence-electron chi connectivity index (χ4n) is 2.83. The first-order chi connectivity index (χ1) is 10.3. The maximum Gasteiger partial charge on any atom is 0.314 e. The van der Waals surface area contributed by atoms with Crippen molar-refractivity contribution >= 4 is 11.9 Å². The number of amides is 3. The first kappa shape index (κ1) is 16.3. The second kappa shape index (κ2) is 6.38. The van der Waals surface area contributed by atoms with Gasteiger partial charge >= 0.3 is 6.03 Å². The molecule has 22 heavy (non-hydrogen) atoms. The Balaban J connectivity index is 2.12. The third kappa shape index (κ3) is 3.40. The monoisotopic (exact) mass is 303 g/mol. The van der Waals surface area contributed by atoms with Gasteiger partial charge in [-0.05, 0) is 32.8 Å². The van der Waals surface area contributed by atoms with Crippen LogP contribution in [0.1, 0.15) is 31.4 Å². The predicted octanol–water partition coefficient (Wildman–Crippen LogP) is 1.89. The molecule has 1 saturated heterocycles. The van der Waals surface area contributed by atoms with E-state index in [1.54, 1.807) is 4.90 Å². The van der Waals surface area contributed by atoms with Crippen LogP contribution in [0, 0.1) is 6.92 Å². The number of hydrogen-bond donors (Lipinski definition) is 1. The Kier molecular flexibility index (Phi) is 4.74. The SMILES string of the molecule is Cc1ccc(C(C)(C)C(=O)N2CCCN(C(N)=O)CC2)cc1. The molecule has 0 bridgehead atoms. The smallest absolute Gasteiger partial charge is 0.314 e. The predicted molar refractivity (Wildman–Crippen MR) is 86.6 cm³/mol. The molecule has 2 N–H and O–H groups in total. The molecule has 120 valence electrons. The number of aryl methyl sites for hydroxylation is 1. The van der Waals surface area contributed by atoms with E-state index in [0.717, 1.165) is 12.0 Å². The van der Waals surface area contributed by atoms with Crippen LogP contribution in [0.3, 0.4) is 0 Å². The quantitative estimate of drug-likeness (QED) is 0.906. The highest BCUT2D eigenvalue weighted by Gasteiger charge is 2.34. The summed E-state index contributed by atoms with van der Waals surface area (Å²) in [6.45, 7) is 8.27. The molecular formula is C17H25N3O2. The maximum atomic E-state index is 12.9. The summed E-state index contributed by atoms with van der Waals surface area (Å²) < 4.78 is 0. The van der Waals surface area contributed by atoms with E-state index in [4.69, 9.17) is 5.73 Å². The van der Waals surface area contributed by atoms with Crippen LogP contribution in [-0.2, 0) is 10.2 Å². The van der Waals surface area contributed by atoms with Gasteiger partial charge in [0.15, 0.2) is 0 Å². The zero-order chi connectivity index (χ0) is 16.3. The van der Waals surface area contributed by atoms with Gasteiger partial charge in [-0.15, -0.1) is 0 Å². The van der Waals surface area contributed by atoms with Gasteiger partial charge in [-0.2, -0.15) is 0 Å². The first-order valence-electron chi connectivity index (χ1n) is 7.73. The van der Waals surface area contributed by atoms with Gasteiger partial charge in [0.05, 0.1) is 5.41 Å². The van der Waals surface area contributed by atoms with E-state index in [0.29, 0.717) is 26.2 Å². The lowest BCUT2D eigenvalue weighted by atomic mass is 9.82. The van der Waals surface area contributed by atoms with Crippen molar-refractivity contribution in [3.8, 4) is 0 Å². The van der Waals surface area contributed by atoms with E-state index in [1.165, 1.54) is 5.56 Å². The van der Waals surface area contributed by atoms with Crippen LogP contribution in [0.5, 0.6) is 0 Å². The number of carbonyl (C=O) groups excluding carboxylic acids is 2. The highest BCUT2D eigenvalue weighted by atomic mass is 16.2.